The van der Waals surface area contributed by atoms with E-state index in [9.17, 15) is 10.1 Å². The monoisotopic (exact) mass is 498 g/mol. The van der Waals surface area contributed by atoms with Crippen LogP contribution in [0.3, 0.4) is 0 Å². The van der Waals surface area contributed by atoms with Gasteiger partial charge in [0.1, 0.15) is 35.0 Å². The molecule has 37 heavy (non-hydrogen) atoms. The summed E-state index contributed by atoms with van der Waals surface area (Å²) < 4.78 is 14.3. The van der Waals surface area contributed by atoms with Crippen molar-refractivity contribution < 1.29 is 14.3 Å². The van der Waals surface area contributed by atoms with Crippen LogP contribution in [0.1, 0.15) is 72.7 Å². The summed E-state index contributed by atoms with van der Waals surface area (Å²) >= 11 is 0. The summed E-state index contributed by atoms with van der Waals surface area (Å²) in [5.74, 6) is 0.398. The lowest BCUT2D eigenvalue weighted by Crippen LogP contribution is -2.35. The Morgan fingerprint density at radius 1 is 1.05 bits per heavy atom. The molecule has 3 heterocycles. The molecule has 1 fully saturated rings. The molecule has 2 aliphatic heterocycles. The minimum atomic E-state index is -0.565. The van der Waals surface area contributed by atoms with Gasteiger partial charge in [-0.15, -0.1) is 0 Å². The molecule has 1 atom stereocenters. The smallest absolute Gasteiger partial charge is 0.338 e. The van der Waals surface area contributed by atoms with E-state index in [0.29, 0.717) is 23.5 Å². The Bertz CT molecular complexity index is 1320. The molecule has 5 rings (SSSR count). The van der Waals surface area contributed by atoms with Gasteiger partial charge < -0.3 is 18.9 Å². The summed E-state index contributed by atoms with van der Waals surface area (Å²) in [6.45, 7) is 8.21. The van der Waals surface area contributed by atoms with Gasteiger partial charge in [-0.2, -0.15) is 5.26 Å². The Morgan fingerprint density at radius 3 is 2.43 bits per heavy atom. The maximum absolute atomic E-state index is 12.5. The lowest BCUT2D eigenvalue weighted by Gasteiger charge is -2.32. The van der Waals surface area contributed by atoms with Gasteiger partial charge in [-0.25, -0.2) is 9.78 Å². The SMILES string of the molecule is CN1CCC(OC2c3ccccc3CCn3c2nc(-c2ccc(C(=O)OC(C)(C)C)cc2)c3C#N)CC1. The molecule has 0 bridgehead atoms. The molecule has 0 N–H and O–H groups in total. The van der Waals surface area contributed by atoms with Crippen LogP contribution < -0.4 is 0 Å². The molecule has 7 nitrogen and oxygen atoms in total. The predicted octanol–water partition coefficient (Wildman–Crippen LogP) is 5.13. The Hall–Kier alpha value is -3.47. The van der Waals surface area contributed by atoms with Crippen LogP contribution in [0.5, 0.6) is 0 Å². The van der Waals surface area contributed by atoms with Crippen LogP contribution in [0.4, 0.5) is 0 Å². The van der Waals surface area contributed by atoms with Gasteiger partial charge in [-0.1, -0.05) is 36.4 Å². The molecule has 0 spiro atoms. The predicted molar refractivity (Wildman–Crippen MR) is 141 cm³/mol. The van der Waals surface area contributed by atoms with Crippen molar-refractivity contribution in [3.63, 3.8) is 0 Å². The molecule has 192 valence electrons. The van der Waals surface area contributed by atoms with Crippen LogP contribution in [0.2, 0.25) is 0 Å². The van der Waals surface area contributed by atoms with Gasteiger partial charge in [0.25, 0.3) is 0 Å². The average molecular weight is 499 g/mol. The van der Waals surface area contributed by atoms with Gasteiger partial charge in [0.15, 0.2) is 0 Å². The Morgan fingerprint density at radius 2 is 1.76 bits per heavy atom. The molecule has 7 heteroatoms. The zero-order valence-corrected chi connectivity index (χ0v) is 22.0. The fourth-order valence-corrected chi connectivity index (χ4v) is 5.15. The van der Waals surface area contributed by atoms with Crippen LogP contribution in [0.25, 0.3) is 11.3 Å². The van der Waals surface area contributed by atoms with Gasteiger partial charge in [-0.3, -0.25) is 0 Å². The van der Waals surface area contributed by atoms with Crippen LogP contribution in [0, 0.1) is 11.3 Å². The zero-order chi connectivity index (χ0) is 26.2. The highest BCUT2D eigenvalue weighted by Gasteiger charge is 2.33. The van der Waals surface area contributed by atoms with Crippen LogP contribution in [0.15, 0.2) is 48.5 Å². The van der Waals surface area contributed by atoms with Crippen LogP contribution in [-0.4, -0.2) is 52.3 Å². The molecule has 0 aliphatic carbocycles. The lowest BCUT2D eigenvalue weighted by atomic mass is 9.99. The number of imidazole rings is 1. The van der Waals surface area contributed by atoms with E-state index in [1.807, 2.05) is 43.5 Å². The number of nitriles is 1. The third-order valence-electron chi connectivity index (χ3n) is 7.07. The third-order valence-corrected chi connectivity index (χ3v) is 7.07. The number of aryl methyl sites for hydroxylation is 1. The number of benzene rings is 2. The van der Waals surface area contributed by atoms with E-state index < -0.39 is 5.60 Å². The molecule has 2 aromatic carbocycles. The van der Waals surface area contributed by atoms with Gasteiger partial charge in [0.2, 0.25) is 0 Å². The van der Waals surface area contributed by atoms with Gasteiger partial charge in [0, 0.05) is 25.2 Å². The van der Waals surface area contributed by atoms with Crippen molar-refractivity contribution in [1.29, 1.82) is 5.26 Å². The molecule has 3 aromatic rings. The van der Waals surface area contributed by atoms with E-state index in [2.05, 4.69) is 36.2 Å². The van der Waals surface area contributed by atoms with E-state index >= 15 is 0 Å². The molecular weight excluding hydrogens is 464 g/mol. The highest BCUT2D eigenvalue weighted by Crippen LogP contribution is 2.37. The average Bonchev–Trinajstić information content (AvgIpc) is 3.17. The summed E-state index contributed by atoms with van der Waals surface area (Å²) in [6, 6.07) is 17.9. The van der Waals surface area contributed by atoms with E-state index in [1.54, 1.807) is 12.1 Å². The van der Waals surface area contributed by atoms with Crippen LogP contribution in [-0.2, 0) is 22.4 Å². The molecule has 1 saturated heterocycles. The number of piperidine rings is 1. The minimum absolute atomic E-state index is 0.139. The van der Waals surface area contributed by atoms with Gasteiger partial charge >= 0.3 is 5.97 Å². The van der Waals surface area contributed by atoms with Crippen molar-refractivity contribution in [2.75, 3.05) is 20.1 Å². The molecule has 1 unspecified atom stereocenters. The Kier molecular flexibility index (Phi) is 6.89. The number of aromatic nitrogens is 2. The summed E-state index contributed by atoms with van der Waals surface area (Å²) in [6.07, 6.45) is 2.55. The second-order valence-corrected chi connectivity index (χ2v) is 11.0. The van der Waals surface area contributed by atoms with E-state index in [-0.39, 0.29) is 18.2 Å². The molecular formula is C30H34N4O3. The molecule has 0 saturated carbocycles. The maximum Gasteiger partial charge on any atom is 0.338 e. The van der Waals surface area contributed by atoms with E-state index in [4.69, 9.17) is 14.5 Å². The minimum Gasteiger partial charge on any atom is -0.456 e. The van der Waals surface area contributed by atoms with E-state index in [0.717, 1.165) is 49.3 Å². The first-order chi connectivity index (χ1) is 17.7. The van der Waals surface area contributed by atoms with Crippen molar-refractivity contribution >= 4 is 5.97 Å². The van der Waals surface area contributed by atoms with Gasteiger partial charge in [-0.05, 0) is 70.3 Å². The first kappa shape index (κ1) is 25.2. The number of likely N-dealkylation sites (tertiary alicyclic amines) is 1. The van der Waals surface area contributed by atoms with Crippen molar-refractivity contribution in [2.24, 2.45) is 0 Å². The Balaban J connectivity index is 1.52. The second kappa shape index (κ2) is 10.1. The molecule has 0 radical (unpaired) electrons. The number of rotatable bonds is 4. The van der Waals surface area contributed by atoms with Crippen molar-refractivity contribution in [3.05, 3.63) is 76.7 Å². The summed E-state index contributed by atoms with van der Waals surface area (Å²) in [7, 11) is 2.14. The number of carbonyl (C=O) groups is 1. The summed E-state index contributed by atoms with van der Waals surface area (Å²) in [5, 5.41) is 10.2. The molecule has 1 aromatic heterocycles. The number of hydrogen-bond donors (Lipinski definition) is 0. The lowest BCUT2D eigenvalue weighted by molar-refractivity contribution is -0.0275. The second-order valence-electron chi connectivity index (χ2n) is 11.0. The van der Waals surface area contributed by atoms with E-state index in [1.165, 1.54) is 5.56 Å². The number of hydrogen-bond acceptors (Lipinski definition) is 6. The first-order valence-corrected chi connectivity index (χ1v) is 13.0. The fourth-order valence-electron chi connectivity index (χ4n) is 5.15. The molecule has 0 amide bonds. The number of esters is 1. The van der Waals surface area contributed by atoms with Crippen LogP contribution >= 0.6 is 0 Å². The quantitative estimate of drug-likeness (QED) is 0.464. The van der Waals surface area contributed by atoms with Crippen molar-refractivity contribution in [3.8, 4) is 17.3 Å². The highest BCUT2D eigenvalue weighted by molar-refractivity contribution is 5.90. The maximum atomic E-state index is 12.5. The number of fused-ring (bicyclic) bond motifs is 2. The number of ether oxygens (including phenoxy) is 2. The van der Waals surface area contributed by atoms with Crippen molar-refractivity contribution in [1.82, 2.24) is 14.5 Å². The fraction of sp³-hybridized carbons (Fsp3) is 0.433. The Labute approximate surface area is 218 Å². The normalized spacial score (nSPS) is 18.4. The standard InChI is InChI=1S/C30H34N4O3/c1-30(2,3)37-29(35)22-11-9-21(10-12-22)26-25(19-31)34-18-13-20-7-5-6-8-24(20)27(28(34)32-26)36-23-14-16-33(4)17-15-23/h5-12,23,27H,13-18H2,1-4H3. The topological polar surface area (TPSA) is 80.4 Å². The highest BCUT2D eigenvalue weighted by atomic mass is 16.6. The number of carbonyl (C=O) groups excluding carboxylic acids is 1. The summed E-state index contributed by atoms with van der Waals surface area (Å²) in [4.78, 5) is 19.8. The molecule has 2 aliphatic rings. The zero-order valence-electron chi connectivity index (χ0n) is 22.0. The largest absolute Gasteiger partial charge is 0.456 e. The third kappa shape index (κ3) is 5.31. The first-order valence-electron chi connectivity index (χ1n) is 13.0. The summed E-state index contributed by atoms with van der Waals surface area (Å²) in [5.41, 5.74) is 4.18. The van der Waals surface area contributed by atoms with Gasteiger partial charge in [0.05, 0.1) is 11.7 Å². The number of nitrogens with zero attached hydrogens (tertiary/aromatic N) is 4. The van der Waals surface area contributed by atoms with Crippen molar-refractivity contribution in [2.45, 2.75) is 64.4 Å².